The Labute approximate surface area is 106 Å². The number of rotatable bonds is 2. The molecule has 1 atom stereocenters. The summed E-state index contributed by atoms with van der Waals surface area (Å²) < 4.78 is 0. The fourth-order valence-electron chi connectivity index (χ4n) is 2.19. The molecule has 1 aliphatic rings. The van der Waals surface area contributed by atoms with Gasteiger partial charge in [0.15, 0.2) is 0 Å². The second kappa shape index (κ2) is 5.20. The van der Waals surface area contributed by atoms with Gasteiger partial charge < -0.3 is 10.6 Å². The maximum atomic E-state index is 12.1. The predicted molar refractivity (Wildman–Crippen MR) is 66.2 cm³/mol. The molecule has 1 saturated heterocycles. The van der Waals surface area contributed by atoms with Gasteiger partial charge in [-0.2, -0.15) is 5.10 Å². The molecule has 0 saturated carbocycles. The summed E-state index contributed by atoms with van der Waals surface area (Å²) in [5, 5.41) is 12.3. The number of H-pyrrole nitrogens is 1. The van der Waals surface area contributed by atoms with Gasteiger partial charge in [-0.25, -0.2) is 0 Å². The van der Waals surface area contributed by atoms with E-state index in [1.165, 1.54) is 0 Å². The molecule has 1 aromatic rings. The molecule has 0 spiro atoms. The minimum atomic E-state index is -0.436. The first-order chi connectivity index (χ1) is 8.59. The summed E-state index contributed by atoms with van der Waals surface area (Å²) in [6, 6.07) is -0.436. The number of amides is 2. The zero-order valence-corrected chi connectivity index (χ0v) is 10.7. The fourth-order valence-corrected chi connectivity index (χ4v) is 2.19. The van der Waals surface area contributed by atoms with Crippen LogP contribution in [0.5, 0.6) is 0 Å². The van der Waals surface area contributed by atoms with Crippen LogP contribution in [0.2, 0.25) is 0 Å². The largest absolute Gasteiger partial charge is 0.354 e. The lowest BCUT2D eigenvalue weighted by Gasteiger charge is -2.15. The van der Waals surface area contributed by atoms with Crippen LogP contribution in [-0.2, 0) is 4.79 Å². The van der Waals surface area contributed by atoms with Gasteiger partial charge in [0.05, 0.1) is 11.3 Å². The summed E-state index contributed by atoms with van der Waals surface area (Å²) in [4.78, 5) is 23.9. The Morgan fingerprint density at radius 1 is 1.39 bits per heavy atom. The number of carbonyl (C=O) groups is 2. The standard InChI is InChI=1S/C12H18N4O2/c1-7-10(8(2)16-15-7)12(18)14-9-5-3-4-6-13-11(9)17/h9H,3-6H2,1-2H3,(H,13,17)(H,14,18)(H,15,16). The molecule has 1 fully saturated rings. The van der Waals surface area contributed by atoms with Crippen molar-refractivity contribution in [2.45, 2.75) is 39.2 Å². The summed E-state index contributed by atoms with van der Waals surface area (Å²) in [5.74, 6) is -0.333. The van der Waals surface area contributed by atoms with E-state index in [2.05, 4.69) is 20.8 Å². The van der Waals surface area contributed by atoms with Gasteiger partial charge >= 0.3 is 0 Å². The van der Waals surface area contributed by atoms with E-state index in [0.29, 0.717) is 24.2 Å². The Bertz CT molecular complexity index is 447. The highest BCUT2D eigenvalue weighted by molar-refractivity contribution is 5.99. The van der Waals surface area contributed by atoms with Crippen LogP contribution in [0.1, 0.15) is 41.0 Å². The second-order valence-electron chi connectivity index (χ2n) is 4.62. The average Bonchev–Trinajstić information content (AvgIpc) is 2.53. The van der Waals surface area contributed by atoms with E-state index in [0.717, 1.165) is 18.5 Å². The van der Waals surface area contributed by atoms with Gasteiger partial charge in [0.2, 0.25) is 5.91 Å². The highest BCUT2D eigenvalue weighted by Gasteiger charge is 2.24. The van der Waals surface area contributed by atoms with E-state index in [4.69, 9.17) is 0 Å². The number of aromatic amines is 1. The maximum Gasteiger partial charge on any atom is 0.255 e. The van der Waals surface area contributed by atoms with Gasteiger partial charge in [-0.1, -0.05) is 0 Å². The van der Waals surface area contributed by atoms with Crippen LogP contribution >= 0.6 is 0 Å². The monoisotopic (exact) mass is 250 g/mol. The summed E-state index contributed by atoms with van der Waals surface area (Å²) >= 11 is 0. The predicted octanol–water partition coefficient (Wildman–Crippen LogP) is 0.425. The third-order valence-corrected chi connectivity index (χ3v) is 3.20. The van der Waals surface area contributed by atoms with Gasteiger partial charge in [-0.3, -0.25) is 14.7 Å². The highest BCUT2D eigenvalue weighted by Crippen LogP contribution is 2.11. The Morgan fingerprint density at radius 3 is 2.83 bits per heavy atom. The van der Waals surface area contributed by atoms with Crippen molar-refractivity contribution in [1.29, 1.82) is 0 Å². The molecule has 6 heteroatoms. The molecular formula is C12H18N4O2. The van der Waals surface area contributed by atoms with Gasteiger partial charge in [-0.05, 0) is 33.1 Å². The van der Waals surface area contributed by atoms with Gasteiger partial charge in [0.25, 0.3) is 5.91 Å². The first-order valence-corrected chi connectivity index (χ1v) is 6.19. The fraction of sp³-hybridized carbons (Fsp3) is 0.583. The maximum absolute atomic E-state index is 12.1. The molecule has 2 heterocycles. The Kier molecular flexibility index (Phi) is 3.64. The van der Waals surface area contributed by atoms with Crippen LogP contribution in [-0.4, -0.2) is 34.6 Å². The van der Waals surface area contributed by atoms with Crippen molar-refractivity contribution >= 4 is 11.8 Å². The molecule has 0 aliphatic carbocycles. The third-order valence-electron chi connectivity index (χ3n) is 3.20. The molecule has 1 aromatic heterocycles. The van der Waals surface area contributed by atoms with Crippen LogP contribution in [0.4, 0.5) is 0 Å². The van der Waals surface area contributed by atoms with Crippen molar-refractivity contribution < 1.29 is 9.59 Å². The van der Waals surface area contributed by atoms with Gasteiger partial charge in [-0.15, -0.1) is 0 Å². The zero-order valence-electron chi connectivity index (χ0n) is 10.7. The summed E-state index contributed by atoms with van der Waals surface area (Å²) in [6.07, 6.45) is 2.59. The molecule has 0 bridgehead atoms. The van der Waals surface area contributed by atoms with Gasteiger partial charge in [0.1, 0.15) is 6.04 Å². The van der Waals surface area contributed by atoms with E-state index in [-0.39, 0.29) is 11.8 Å². The minimum Gasteiger partial charge on any atom is -0.354 e. The van der Waals surface area contributed by atoms with E-state index in [1.54, 1.807) is 13.8 Å². The first-order valence-electron chi connectivity index (χ1n) is 6.19. The van der Waals surface area contributed by atoms with Crippen molar-refractivity contribution in [2.24, 2.45) is 0 Å². The van der Waals surface area contributed by atoms with E-state index in [1.807, 2.05) is 0 Å². The Balaban J connectivity index is 2.09. The Morgan fingerprint density at radius 2 is 2.17 bits per heavy atom. The normalized spacial score (nSPS) is 20.1. The molecule has 3 N–H and O–H groups in total. The molecule has 0 aromatic carbocycles. The van der Waals surface area contributed by atoms with E-state index in [9.17, 15) is 9.59 Å². The average molecular weight is 250 g/mol. The quantitative estimate of drug-likeness (QED) is 0.711. The molecule has 6 nitrogen and oxygen atoms in total. The Hall–Kier alpha value is -1.85. The summed E-state index contributed by atoms with van der Waals surface area (Å²) in [5.41, 5.74) is 1.91. The van der Waals surface area contributed by atoms with Crippen molar-refractivity contribution in [1.82, 2.24) is 20.8 Å². The molecule has 2 rings (SSSR count). The lowest BCUT2D eigenvalue weighted by molar-refractivity contribution is -0.122. The van der Waals surface area contributed by atoms with Crippen molar-refractivity contribution in [3.8, 4) is 0 Å². The topological polar surface area (TPSA) is 86.9 Å². The van der Waals surface area contributed by atoms with Crippen molar-refractivity contribution in [3.05, 3.63) is 17.0 Å². The van der Waals surface area contributed by atoms with Crippen LogP contribution in [0.25, 0.3) is 0 Å². The zero-order chi connectivity index (χ0) is 13.1. The summed E-state index contributed by atoms with van der Waals surface area (Å²) in [6.45, 7) is 4.25. The molecule has 0 radical (unpaired) electrons. The van der Waals surface area contributed by atoms with Crippen LogP contribution in [0.15, 0.2) is 0 Å². The number of nitrogens with zero attached hydrogens (tertiary/aromatic N) is 1. The lowest BCUT2D eigenvalue weighted by atomic mass is 10.1. The molecule has 2 amide bonds. The molecule has 1 unspecified atom stereocenters. The second-order valence-corrected chi connectivity index (χ2v) is 4.62. The minimum absolute atomic E-state index is 0.0975. The summed E-state index contributed by atoms with van der Waals surface area (Å²) in [7, 11) is 0. The smallest absolute Gasteiger partial charge is 0.255 e. The molecule has 18 heavy (non-hydrogen) atoms. The molecular weight excluding hydrogens is 232 g/mol. The van der Waals surface area contributed by atoms with E-state index >= 15 is 0 Å². The number of hydrogen-bond acceptors (Lipinski definition) is 3. The van der Waals surface area contributed by atoms with Crippen molar-refractivity contribution in [3.63, 3.8) is 0 Å². The number of nitrogens with one attached hydrogen (secondary N) is 3. The van der Waals surface area contributed by atoms with E-state index < -0.39 is 6.04 Å². The van der Waals surface area contributed by atoms with Crippen LogP contribution in [0, 0.1) is 13.8 Å². The SMILES string of the molecule is Cc1n[nH]c(C)c1C(=O)NC1CCCCNC1=O. The molecule has 1 aliphatic heterocycles. The highest BCUT2D eigenvalue weighted by atomic mass is 16.2. The van der Waals surface area contributed by atoms with Crippen molar-refractivity contribution in [2.75, 3.05) is 6.54 Å². The number of hydrogen-bond donors (Lipinski definition) is 3. The number of aryl methyl sites for hydroxylation is 2. The van der Waals surface area contributed by atoms with Gasteiger partial charge in [0, 0.05) is 12.2 Å². The number of carbonyl (C=O) groups excluding carboxylic acids is 2. The first kappa shape index (κ1) is 12.6. The third kappa shape index (κ3) is 2.52. The van der Waals surface area contributed by atoms with Crippen LogP contribution < -0.4 is 10.6 Å². The number of aromatic nitrogens is 2. The van der Waals surface area contributed by atoms with Crippen LogP contribution in [0.3, 0.4) is 0 Å². The lowest BCUT2D eigenvalue weighted by Crippen LogP contribution is -2.45. The molecule has 98 valence electrons.